The molecule has 4 nitrogen and oxygen atoms in total. The van der Waals surface area contributed by atoms with E-state index in [1.54, 1.807) is 0 Å². The molecule has 1 aliphatic heterocycles. The lowest BCUT2D eigenvalue weighted by molar-refractivity contribution is -0.00771. The number of nitrogens with one attached hydrogen (secondary N) is 1. The van der Waals surface area contributed by atoms with Crippen molar-refractivity contribution in [2.45, 2.75) is 64.5 Å². The third-order valence-corrected chi connectivity index (χ3v) is 4.14. The summed E-state index contributed by atoms with van der Waals surface area (Å²) < 4.78 is 8.02. The van der Waals surface area contributed by atoms with Crippen molar-refractivity contribution in [2.75, 3.05) is 13.2 Å². The van der Waals surface area contributed by atoms with Crippen molar-refractivity contribution in [3.63, 3.8) is 0 Å². The second-order valence-electron chi connectivity index (χ2n) is 5.77. The molecule has 1 saturated heterocycles. The SMILES string of the molecule is CCCNC(Cc1cc(CC)nn1C)C1CCCCO1. The molecular weight excluding hydrogens is 250 g/mol. The second kappa shape index (κ2) is 7.79. The molecule has 1 fully saturated rings. The molecule has 0 aliphatic carbocycles. The average Bonchev–Trinajstić information content (AvgIpc) is 2.84. The summed E-state index contributed by atoms with van der Waals surface area (Å²) in [5.74, 6) is 0. The number of aryl methyl sites for hydroxylation is 2. The summed E-state index contributed by atoms with van der Waals surface area (Å²) >= 11 is 0. The summed E-state index contributed by atoms with van der Waals surface area (Å²) in [5.41, 5.74) is 2.49. The Bertz CT molecular complexity index is 396. The molecule has 0 saturated carbocycles. The lowest BCUT2D eigenvalue weighted by Crippen LogP contribution is -2.45. The first kappa shape index (κ1) is 15.5. The van der Waals surface area contributed by atoms with E-state index in [0.29, 0.717) is 12.1 Å². The molecule has 1 aliphatic rings. The smallest absolute Gasteiger partial charge is 0.0731 e. The van der Waals surface area contributed by atoms with Crippen LogP contribution in [-0.4, -0.2) is 35.1 Å². The number of hydrogen-bond donors (Lipinski definition) is 1. The number of nitrogens with zero attached hydrogens (tertiary/aromatic N) is 2. The minimum absolute atomic E-state index is 0.357. The monoisotopic (exact) mass is 279 g/mol. The molecule has 1 N–H and O–H groups in total. The number of ether oxygens (including phenoxy) is 1. The van der Waals surface area contributed by atoms with Crippen LogP contribution in [0.15, 0.2) is 6.07 Å². The molecule has 0 bridgehead atoms. The van der Waals surface area contributed by atoms with Gasteiger partial charge in [0.1, 0.15) is 0 Å². The van der Waals surface area contributed by atoms with Crippen molar-refractivity contribution in [3.8, 4) is 0 Å². The minimum atomic E-state index is 0.357. The van der Waals surface area contributed by atoms with Crippen LogP contribution in [0.1, 0.15) is 50.9 Å². The molecule has 0 aromatic carbocycles. The highest BCUT2D eigenvalue weighted by Gasteiger charge is 2.25. The van der Waals surface area contributed by atoms with E-state index >= 15 is 0 Å². The second-order valence-corrected chi connectivity index (χ2v) is 5.77. The Balaban J connectivity index is 2.03. The molecule has 0 spiro atoms. The molecule has 1 aromatic heterocycles. The fraction of sp³-hybridized carbons (Fsp3) is 0.812. The van der Waals surface area contributed by atoms with E-state index in [2.05, 4.69) is 30.3 Å². The Kier molecular flexibility index (Phi) is 6.05. The van der Waals surface area contributed by atoms with Crippen LogP contribution in [0.5, 0.6) is 0 Å². The molecule has 0 amide bonds. The van der Waals surface area contributed by atoms with E-state index in [1.165, 1.54) is 30.7 Å². The van der Waals surface area contributed by atoms with Crippen LogP contribution >= 0.6 is 0 Å². The van der Waals surface area contributed by atoms with E-state index in [1.807, 2.05) is 11.7 Å². The Morgan fingerprint density at radius 1 is 1.45 bits per heavy atom. The van der Waals surface area contributed by atoms with Gasteiger partial charge in [0, 0.05) is 31.8 Å². The van der Waals surface area contributed by atoms with Gasteiger partial charge in [0.2, 0.25) is 0 Å². The molecule has 0 radical (unpaired) electrons. The van der Waals surface area contributed by atoms with Gasteiger partial charge in [0.05, 0.1) is 11.8 Å². The molecule has 2 unspecified atom stereocenters. The largest absolute Gasteiger partial charge is 0.377 e. The third kappa shape index (κ3) is 4.06. The highest BCUT2D eigenvalue weighted by molar-refractivity contribution is 5.12. The van der Waals surface area contributed by atoms with E-state index in [-0.39, 0.29) is 0 Å². The topological polar surface area (TPSA) is 39.1 Å². The maximum Gasteiger partial charge on any atom is 0.0731 e. The van der Waals surface area contributed by atoms with Gasteiger partial charge < -0.3 is 10.1 Å². The van der Waals surface area contributed by atoms with E-state index in [0.717, 1.165) is 32.4 Å². The molecule has 20 heavy (non-hydrogen) atoms. The van der Waals surface area contributed by atoms with Crippen molar-refractivity contribution in [1.29, 1.82) is 0 Å². The molecular formula is C16H29N3O. The Labute approximate surface area is 122 Å². The van der Waals surface area contributed by atoms with Crippen LogP contribution in [0.25, 0.3) is 0 Å². The zero-order chi connectivity index (χ0) is 14.4. The fourth-order valence-corrected chi connectivity index (χ4v) is 2.91. The zero-order valence-corrected chi connectivity index (χ0v) is 13.2. The molecule has 114 valence electrons. The van der Waals surface area contributed by atoms with Gasteiger partial charge in [-0.15, -0.1) is 0 Å². The predicted molar refractivity (Wildman–Crippen MR) is 82.0 cm³/mol. The van der Waals surface area contributed by atoms with Crippen LogP contribution in [0.3, 0.4) is 0 Å². The van der Waals surface area contributed by atoms with Gasteiger partial charge in [0.25, 0.3) is 0 Å². The molecule has 1 aromatic rings. The van der Waals surface area contributed by atoms with Gasteiger partial charge in [-0.3, -0.25) is 4.68 Å². The number of hydrogen-bond acceptors (Lipinski definition) is 3. The zero-order valence-electron chi connectivity index (χ0n) is 13.2. The number of aromatic nitrogens is 2. The quantitative estimate of drug-likeness (QED) is 0.833. The standard InChI is InChI=1S/C16H29N3O/c1-4-9-17-15(16-8-6-7-10-20-16)12-14-11-13(5-2)18-19(14)3/h11,15-17H,4-10,12H2,1-3H3. The van der Waals surface area contributed by atoms with E-state index in [9.17, 15) is 0 Å². The van der Waals surface area contributed by atoms with E-state index in [4.69, 9.17) is 4.74 Å². The van der Waals surface area contributed by atoms with Crippen molar-refractivity contribution >= 4 is 0 Å². The van der Waals surface area contributed by atoms with Gasteiger partial charge in [-0.25, -0.2) is 0 Å². The molecule has 2 atom stereocenters. The van der Waals surface area contributed by atoms with Crippen LogP contribution in [-0.2, 0) is 24.6 Å². The first-order chi connectivity index (χ1) is 9.74. The normalized spacial score (nSPS) is 21.1. The first-order valence-corrected chi connectivity index (χ1v) is 8.11. The molecule has 2 heterocycles. The van der Waals surface area contributed by atoms with Crippen molar-refractivity contribution in [2.24, 2.45) is 7.05 Å². The van der Waals surface area contributed by atoms with Gasteiger partial charge in [-0.05, 0) is 44.7 Å². The summed E-state index contributed by atoms with van der Waals surface area (Å²) in [6, 6.07) is 2.65. The minimum Gasteiger partial charge on any atom is -0.377 e. The van der Waals surface area contributed by atoms with Crippen molar-refractivity contribution in [1.82, 2.24) is 15.1 Å². The fourth-order valence-electron chi connectivity index (χ4n) is 2.91. The lowest BCUT2D eigenvalue weighted by atomic mass is 9.98. The summed E-state index contributed by atoms with van der Waals surface area (Å²) in [7, 11) is 2.05. The van der Waals surface area contributed by atoms with Gasteiger partial charge in [-0.1, -0.05) is 13.8 Å². The summed E-state index contributed by atoms with van der Waals surface area (Å²) in [6.45, 7) is 6.35. The van der Waals surface area contributed by atoms with E-state index < -0.39 is 0 Å². The third-order valence-electron chi connectivity index (χ3n) is 4.14. The van der Waals surface area contributed by atoms with Crippen LogP contribution in [0.2, 0.25) is 0 Å². The maximum atomic E-state index is 5.99. The molecule has 2 rings (SSSR count). The van der Waals surface area contributed by atoms with Gasteiger partial charge >= 0.3 is 0 Å². The Hall–Kier alpha value is -0.870. The summed E-state index contributed by atoms with van der Waals surface area (Å²) in [6.07, 6.45) is 7.21. The van der Waals surface area contributed by atoms with Crippen LogP contribution < -0.4 is 5.32 Å². The van der Waals surface area contributed by atoms with Crippen molar-refractivity contribution < 1.29 is 4.74 Å². The van der Waals surface area contributed by atoms with Crippen LogP contribution in [0, 0.1) is 0 Å². The molecule has 4 heteroatoms. The predicted octanol–water partition coefficient (Wildman–Crippen LogP) is 2.46. The van der Waals surface area contributed by atoms with Crippen LogP contribution in [0.4, 0.5) is 0 Å². The Morgan fingerprint density at radius 2 is 2.30 bits per heavy atom. The summed E-state index contributed by atoms with van der Waals surface area (Å²) in [4.78, 5) is 0. The summed E-state index contributed by atoms with van der Waals surface area (Å²) in [5, 5.41) is 8.23. The van der Waals surface area contributed by atoms with Gasteiger partial charge in [-0.2, -0.15) is 5.10 Å². The van der Waals surface area contributed by atoms with Gasteiger partial charge in [0.15, 0.2) is 0 Å². The van der Waals surface area contributed by atoms with Crippen molar-refractivity contribution in [3.05, 3.63) is 17.5 Å². The number of rotatable bonds is 7. The highest BCUT2D eigenvalue weighted by Crippen LogP contribution is 2.19. The lowest BCUT2D eigenvalue weighted by Gasteiger charge is -2.31. The average molecular weight is 279 g/mol. The maximum absolute atomic E-state index is 5.99. The Morgan fingerprint density at radius 3 is 2.90 bits per heavy atom. The first-order valence-electron chi connectivity index (χ1n) is 8.11. The highest BCUT2D eigenvalue weighted by atomic mass is 16.5.